The van der Waals surface area contributed by atoms with Gasteiger partial charge in [0.1, 0.15) is 0 Å². The average Bonchev–Trinajstić information content (AvgIpc) is 2.53. The summed E-state index contributed by atoms with van der Waals surface area (Å²) in [6.45, 7) is 11.1. The van der Waals surface area contributed by atoms with E-state index >= 15 is 0 Å². The van der Waals surface area contributed by atoms with Crippen molar-refractivity contribution < 1.29 is 9.59 Å². The molecule has 0 radical (unpaired) electrons. The molecule has 2 amide bonds. The Balaban J connectivity index is 2.24. The number of rotatable bonds is 3. The van der Waals surface area contributed by atoms with E-state index in [-0.39, 0.29) is 11.8 Å². The van der Waals surface area contributed by atoms with Crippen LogP contribution in [0.2, 0.25) is 0 Å². The summed E-state index contributed by atoms with van der Waals surface area (Å²) in [6.07, 6.45) is 3.24. The van der Waals surface area contributed by atoms with Crippen molar-refractivity contribution in [1.82, 2.24) is 9.97 Å². The van der Waals surface area contributed by atoms with E-state index in [2.05, 4.69) is 20.6 Å². The summed E-state index contributed by atoms with van der Waals surface area (Å²) in [5.74, 6) is -0.150. The monoisotopic (exact) mass is 354 g/mol. The number of aromatic nitrogens is 2. The summed E-state index contributed by atoms with van der Waals surface area (Å²) in [4.78, 5) is 33.0. The first-order chi connectivity index (χ1) is 12.0. The van der Waals surface area contributed by atoms with Crippen molar-refractivity contribution in [2.45, 2.75) is 41.5 Å². The zero-order chi connectivity index (χ0) is 19.5. The number of pyridine rings is 2. The molecule has 0 saturated carbocycles. The van der Waals surface area contributed by atoms with Gasteiger partial charge in [-0.3, -0.25) is 19.6 Å². The van der Waals surface area contributed by atoms with Crippen LogP contribution in [0.15, 0.2) is 36.7 Å². The minimum absolute atomic E-state index is 0.0752. The molecule has 6 heteroatoms. The van der Waals surface area contributed by atoms with Gasteiger partial charge in [-0.1, -0.05) is 41.5 Å². The van der Waals surface area contributed by atoms with Crippen LogP contribution in [0.4, 0.5) is 11.4 Å². The maximum atomic E-state index is 12.2. The smallest absolute Gasteiger partial charge is 0.229 e. The highest BCUT2D eigenvalue weighted by Crippen LogP contribution is 2.24. The highest BCUT2D eigenvalue weighted by Gasteiger charge is 2.22. The predicted octanol–water partition coefficient (Wildman–Crippen LogP) is 4.11. The Bertz CT molecular complexity index is 748. The SMILES string of the molecule is CC(C)(C)C(=O)Nc1ccnc(-c2cc(NC(=O)C(C)(C)C)ccn2)c1. The molecule has 2 rings (SSSR count). The van der Waals surface area contributed by atoms with E-state index in [9.17, 15) is 9.59 Å². The molecular weight excluding hydrogens is 328 g/mol. The fourth-order valence-electron chi connectivity index (χ4n) is 1.93. The van der Waals surface area contributed by atoms with Crippen molar-refractivity contribution in [2.75, 3.05) is 10.6 Å². The van der Waals surface area contributed by atoms with Gasteiger partial charge in [0.15, 0.2) is 0 Å². The Morgan fingerprint density at radius 3 is 1.38 bits per heavy atom. The predicted molar refractivity (Wildman–Crippen MR) is 104 cm³/mol. The molecule has 0 aliphatic carbocycles. The highest BCUT2D eigenvalue weighted by molar-refractivity contribution is 5.95. The fourth-order valence-corrected chi connectivity index (χ4v) is 1.93. The molecule has 0 atom stereocenters. The molecule has 26 heavy (non-hydrogen) atoms. The lowest BCUT2D eigenvalue weighted by Gasteiger charge is -2.18. The third-order valence-corrected chi connectivity index (χ3v) is 3.66. The number of hydrogen-bond acceptors (Lipinski definition) is 4. The van der Waals surface area contributed by atoms with Gasteiger partial charge in [0.25, 0.3) is 0 Å². The third-order valence-electron chi connectivity index (χ3n) is 3.66. The quantitative estimate of drug-likeness (QED) is 0.868. The lowest BCUT2D eigenvalue weighted by molar-refractivity contribution is -0.123. The highest BCUT2D eigenvalue weighted by atomic mass is 16.2. The number of anilines is 2. The molecule has 0 fully saturated rings. The number of nitrogens with zero attached hydrogens (tertiary/aromatic N) is 2. The van der Waals surface area contributed by atoms with Gasteiger partial charge in [-0.2, -0.15) is 0 Å². The second kappa shape index (κ2) is 7.23. The fraction of sp³-hybridized carbons (Fsp3) is 0.400. The zero-order valence-corrected chi connectivity index (χ0v) is 16.2. The molecule has 0 saturated heterocycles. The molecule has 2 heterocycles. The van der Waals surface area contributed by atoms with E-state index < -0.39 is 10.8 Å². The van der Waals surface area contributed by atoms with Gasteiger partial charge in [0.05, 0.1) is 11.4 Å². The maximum absolute atomic E-state index is 12.2. The summed E-state index contributed by atoms with van der Waals surface area (Å²) < 4.78 is 0. The topological polar surface area (TPSA) is 84.0 Å². The van der Waals surface area contributed by atoms with Crippen LogP contribution in [-0.2, 0) is 9.59 Å². The van der Waals surface area contributed by atoms with Crippen molar-refractivity contribution in [2.24, 2.45) is 10.8 Å². The first-order valence-corrected chi connectivity index (χ1v) is 8.52. The molecule has 2 aromatic heterocycles. The standard InChI is InChI=1S/C20H26N4O2/c1-19(2,3)17(25)23-13-7-9-21-15(11-13)16-12-14(8-10-22-16)24-18(26)20(4,5)6/h7-12H,1-6H3,(H,21,23,25)(H,22,24,26). The first kappa shape index (κ1) is 19.6. The largest absolute Gasteiger partial charge is 0.326 e. The minimum Gasteiger partial charge on any atom is -0.326 e. The zero-order valence-electron chi connectivity index (χ0n) is 16.2. The normalized spacial score (nSPS) is 11.8. The van der Waals surface area contributed by atoms with E-state index in [1.54, 1.807) is 36.7 Å². The molecule has 2 N–H and O–H groups in total. The van der Waals surface area contributed by atoms with Crippen molar-refractivity contribution in [1.29, 1.82) is 0 Å². The molecule has 6 nitrogen and oxygen atoms in total. The molecule has 0 aliphatic heterocycles. The third kappa shape index (κ3) is 5.12. The molecule has 0 bridgehead atoms. The Morgan fingerprint density at radius 1 is 0.731 bits per heavy atom. The van der Waals surface area contributed by atoms with Crippen LogP contribution in [0.3, 0.4) is 0 Å². The summed E-state index contributed by atoms with van der Waals surface area (Å²) in [7, 11) is 0. The molecule has 138 valence electrons. The van der Waals surface area contributed by atoms with Gasteiger partial charge < -0.3 is 10.6 Å². The summed E-state index contributed by atoms with van der Waals surface area (Å²) in [5, 5.41) is 5.76. The second-order valence-electron chi connectivity index (χ2n) is 8.27. The van der Waals surface area contributed by atoms with Gasteiger partial charge in [-0.15, -0.1) is 0 Å². The molecule has 2 aromatic rings. The molecule has 0 unspecified atom stereocenters. The van der Waals surface area contributed by atoms with E-state index in [4.69, 9.17) is 0 Å². The van der Waals surface area contributed by atoms with E-state index in [1.165, 1.54) is 0 Å². The molecule has 0 aliphatic rings. The van der Waals surface area contributed by atoms with Gasteiger partial charge in [0, 0.05) is 34.6 Å². The average molecular weight is 354 g/mol. The number of carbonyl (C=O) groups excluding carboxylic acids is 2. The first-order valence-electron chi connectivity index (χ1n) is 8.52. The molecule has 0 spiro atoms. The lowest BCUT2D eigenvalue weighted by atomic mass is 9.95. The maximum Gasteiger partial charge on any atom is 0.229 e. The van der Waals surface area contributed by atoms with Crippen LogP contribution in [0.5, 0.6) is 0 Å². The van der Waals surface area contributed by atoms with Crippen molar-refractivity contribution >= 4 is 23.2 Å². The van der Waals surface area contributed by atoms with Crippen LogP contribution >= 0.6 is 0 Å². The minimum atomic E-state index is -0.487. The number of nitrogens with one attached hydrogen (secondary N) is 2. The van der Waals surface area contributed by atoms with Gasteiger partial charge in [-0.05, 0) is 24.3 Å². The summed E-state index contributed by atoms with van der Waals surface area (Å²) >= 11 is 0. The summed E-state index contributed by atoms with van der Waals surface area (Å²) in [5.41, 5.74) is 1.56. The lowest BCUT2D eigenvalue weighted by Crippen LogP contribution is -2.27. The number of hydrogen-bond donors (Lipinski definition) is 2. The van der Waals surface area contributed by atoms with E-state index in [1.807, 2.05) is 41.5 Å². The van der Waals surface area contributed by atoms with Crippen LogP contribution < -0.4 is 10.6 Å². The second-order valence-corrected chi connectivity index (χ2v) is 8.27. The van der Waals surface area contributed by atoms with Crippen LogP contribution in [-0.4, -0.2) is 21.8 Å². The van der Waals surface area contributed by atoms with E-state index in [0.717, 1.165) is 0 Å². The molecule has 0 aromatic carbocycles. The van der Waals surface area contributed by atoms with Gasteiger partial charge in [-0.25, -0.2) is 0 Å². The number of amides is 2. The van der Waals surface area contributed by atoms with Crippen LogP contribution in [0.25, 0.3) is 11.4 Å². The Hall–Kier alpha value is -2.76. The van der Waals surface area contributed by atoms with Gasteiger partial charge >= 0.3 is 0 Å². The number of carbonyl (C=O) groups is 2. The van der Waals surface area contributed by atoms with Crippen molar-refractivity contribution in [3.63, 3.8) is 0 Å². The van der Waals surface area contributed by atoms with Crippen molar-refractivity contribution in [3.05, 3.63) is 36.7 Å². The van der Waals surface area contributed by atoms with Gasteiger partial charge in [0.2, 0.25) is 11.8 Å². The Kier molecular flexibility index (Phi) is 5.44. The van der Waals surface area contributed by atoms with Crippen LogP contribution in [0, 0.1) is 10.8 Å². The summed E-state index contributed by atoms with van der Waals surface area (Å²) in [6, 6.07) is 7.00. The van der Waals surface area contributed by atoms with Crippen LogP contribution in [0.1, 0.15) is 41.5 Å². The molecular formula is C20H26N4O2. The van der Waals surface area contributed by atoms with E-state index in [0.29, 0.717) is 22.8 Å². The Labute approximate surface area is 154 Å². The Morgan fingerprint density at radius 2 is 1.08 bits per heavy atom. The van der Waals surface area contributed by atoms with Crippen molar-refractivity contribution in [3.8, 4) is 11.4 Å².